The largest absolute Gasteiger partial charge is 0.472 e. The number of carbonyl (C=O) groups excluding carboxylic acids is 3. The number of ketones is 1. The normalized spacial score (nSPS) is 16.2. The Morgan fingerprint density at radius 3 is 1.94 bits per heavy atom. The second kappa shape index (κ2) is 18.8. The summed E-state index contributed by atoms with van der Waals surface area (Å²) in [6.07, 6.45) is 3.32. The second-order valence-electron chi connectivity index (χ2n) is 14.2. The van der Waals surface area contributed by atoms with Crippen LogP contribution in [0, 0.1) is 10.8 Å². The molecule has 1 N–H and O–H groups in total. The van der Waals surface area contributed by atoms with E-state index in [0.717, 1.165) is 18.4 Å². The van der Waals surface area contributed by atoms with Crippen molar-refractivity contribution in [1.29, 1.82) is 0 Å². The average molecular weight is 691 g/mol. The smallest absolute Gasteiger partial charge is 0.465 e. The fourth-order valence-corrected chi connectivity index (χ4v) is 6.52. The third-order valence-electron chi connectivity index (χ3n) is 8.42. The van der Waals surface area contributed by atoms with Gasteiger partial charge in [-0.1, -0.05) is 88.2 Å². The van der Waals surface area contributed by atoms with Crippen molar-refractivity contribution in [3.8, 4) is 0 Å². The van der Waals surface area contributed by atoms with Crippen molar-refractivity contribution in [2.24, 2.45) is 10.8 Å². The van der Waals surface area contributed by atoms with Crippen LogP contribution in [0.15, 0.2) is 54.6 Å². The van der Waals surface area contributed by atoms with Gasteiger partial charge >= 0.3 is 19.8 Å². The Bertz CT molecular complexity index is 1360. The van der Waals surface area contributed by atoms with Gasteiger partial charge in [-0.15, -0.1) is 0 Å². The summed E-state index contributed by atoms with van der Waals surface area (Å²) < 4.78 is 34.2. The van der Waals surface area contributed by atoms with Crippen molar-refractivity contribution in [1.82, 2.24) is 0 Å². The number of carbonyl (C=O) groups is 3. The molecule has 268 valence electrons. The van der Waals surface area contributed by atoms with Crippen LogP contribution in [0.2, 0.25) is 0 Å². The maximum atomic E-state index is 13.7. The number of rotatable bonds is 22. The number of benzene rings is 2. The standard InChI is InChI=1S/C37H56NO9P/c1-9-11-23-44-35(41)37(5,27-29(3)30-17-19-32(20-18-30)33(39)31-15-13-12-14-16-31)28-36(4,21-10-2)34(40)45-25-26-47-48(42,43)46-24-22-38(6,7)8/h12-20,29H,9-11,21-28H2,1-8H3/p+1. The summed E-state index contributed by atoms with van der Waals surface area (Å²) in [6, 6.07) is 16.5. The number of hydrogen-bond donors (Lipinski definition) is 1. The molecule has 0 aromatic heterocycles. The maximum absolute atomic E-state index is 13.7. The van der Waals surface area contributed by atoms with E-state index in [1.807, 2.05) is 79.2 Å². The molecule has 2 aromatic carbocycles. The van der Waals surface area contributed by atoms with Crippen molar-refractivity contribution >= 4 is 25.5 Å². The molecular weight excluding hydrogens is 633 g/mol. The fraction of sp³-hybridized carbons (Fsp3) is 0.595. The van der Waals surface area contributed by atoms with Gasteiger partial charge in [-0.2, -0.15) is 0 Å². The van der Waals surface area contributed by atoms with Crippen molar-refractivity contribution in [3.63, 3.8) is 0 Å². The van der Waals surface area contributed by atoms with E-state index >= 15 is 0 Å². The van der Waals surface area contributed by atoms with Gasteiger partial charge in [-0.25, -0.2) is 4.57 Å². The second-order valence-corrected chi connectivity index (χ2v) is 15.7. The van der Waals surface area contributed by atoms with E-state index in [0.29, 0.717) is 48.0 Å². The molecule has 0 fully saturated rings. The summed E-state index contributed by atoms with van der Waals surface area (Å²) in [6.45, 7) is 9.90. The molecule has 0 aliphatic rings. The SMILES string of the molecule is CCCCOC(=O)C(C)(CC(C)c1ccc(C(=O)c2ccccc2)cc1)CC(C)(CCC)C(=O)OCCOP(=O)(O)OCC[N+](C)(C)C. The highest BCUT2D eigenvalue weighted by molar-refractivity contribution is 7.47. The highest BCUT2D eigenvalue weighted by atomic mass is 31.2. The van der Waals surface area contributed by atoms with Gasteiger partial charge in [-0.05, 0) is 51.0 Å². The van der Waals surface area contributed by atoms with E-state index in [1.54, 1.807) is 31.2 Å². The zero-order valence-corrected chi connectivity index (χ0v) is 31.1. The first kappa shape index (κ1) is 41.3. The molecule has 4 atom stereocenters. The van der Waals surface area contributed by atoms with Crippen LogP contribution < -0.4 is 0 Å². The van der Waals surface area contributed by atoms with Crippen LogP contribution in [0.4, 0.5) is 0 Å². The molecule has 10 nitrogen and oxygen atoms in total. The van der Waals surface area contributed by atoms with Crippen LogP contribution in [-0.2, 0) is 32.7 Å². The molecule has 11 heteroatoms. The van der Waals surface area contributed by atoms with Gasteiger partial charge in [0.25, 0.3) is 0 Å². The average Bonchev–Trinajstić information content (AvgIpc) is 3.02. The third kappa shape index (κ3) is 13.6. The first-order valence-corrected chi connectivity index (χ1v) is 18.4. The minimum Gasteiger partial charge on any atom is -0.465 e. The Morgan fingerprint density at radius 1 is 0.792 bits per heavy atom. The minimum atomic E-state index is -4.30. The first-order chi connectivity index (χ1) is 22.5. The number of nitrogens with zero attached hydrogens (tertiary/aromatic N) is 1. The van der Waals surface area contributed by atoms with Gasteiger partial charge in [0.15, 0.2) is 5.78 Å². The number of hydrogen-bond acceptors (Lipinski definition) is 8. The van der Waals surface area contributed by atoms with E-state index < -0.39 is 24.6 Å². The zero-order valence-electron chi connectivity index (χ0n) is 30.2. The first-order valence-electron chi connectivity index (χ1n) is 16.9. The molecule has 0 bridgehead atoms. The summed E-state index contributed by atoms with van der Waals surface area (Å²) in [5, 5.41) is 0. The molecule has 4 unspecified atom stereocenters. The lowest BCUT2D eigenvalue weighted by Gasteiger charge is -2.38. The number of likely N-dealkylation sites (N-methyl/N-ethyl adjacent to an activating group) is 1. The van der Waals surface area contributed by atoms with Gasteiger partial charge in [0.1, 0.15) is 19.8 Å². The van der Waals surface area contributed by atoms with E-state index in [4.69, 9.17) is 18.5 Å². The Labute approximate surface area is 287 Å². The van der Waals surface area contributed by atoms with E-state index in [1.165, 1.54) is 0 Å². The van der Waals surface area contributed by atoms with Crippen LogP contribution in [0.3, 0.4) is 0 Å². The third-order valence-corrected chi connectivity index (χ3v) is 9.44. The molecule has 0 aliphatic carbocycles. The number of phosphoric ester groups is 1. The number of phosphoric acid groups is 1. The Balaban J connectivity index is 2.17. The van der Waals surface area contributed by atoms with Gasteiger partial charge in [0.2, 0.25) is 0 Å². The predicted molar refractivity (Wildman–Crippen MR) is 187 cm³/mol. The van der Waals surface area contributed by atoms with Gasteiger partial charge in [0.05, 0.1) is 45.2 Å². The van der Waals surface area contributed by atoms with Crippen LogP contribution in [0.5, 0.6) is 0 Å². The van der Waals surface area contributed by atoms with E-state index in [9.17, 15) is 23.8 Å². The molecule has 0 amide bonds. The molecule has 2 rings (SSSR count). The van der Waals surface area contributed by atoms with Gasteiger partial charge in [0, 0.05) is 11.1 Å². The van der Waals surface area contributed by atoms with E-state index in [-0.39, 0.29) is 43.9 Å². The molecule has 0 heterocycles. The van der Waals surface area contributed by atoms with E-state index in [2.05, 4.69) is 0 Å². The molecule has 0 spiro atoms. The molecule has 0 saturated heterocycles. The van der Waals surface area contributed by atoms with Crippen LogP contribution in [-0.4, -0.2) is 81.2 Å². The Hall–Kier alpha value is -2.88. The molecule has 2 aromatic rings. The monoisotopic (exact) mass is 690 g/mol. The van der Waals surface area contributed by atoms with Gasteiger partial charge in [-0.3, -0.25) is 23.4 Å². The highest BCUT2D eigenvalue weighted by Crippen LogP contribution is 2.45. The molecule has 0 radical (unpaired) electrons. The lowest BCUT2D eigenvalue weighted by Crippen LogP contribution is -2.41. The predicted octanol–water partition coefficient (Wildman–Crippen LogP) is 7.34. The highest BCUT2D eigenvalue weighted by Gasteiger charge is 2.46. The Kier molecular flexibility index (Phi) is 16.1. The Morgan fingerprint density at radius 2 is 1.35 bits per heavy atom. The van der Waals surface area contributed by atoms with Crippen molar-refractivity contribution in [2.45, 2.75) is 79.1 Å². The summed E-state index contributed by atoms with van der Waals surface area (Å²) in [7, 11) is 1.50. The molecule has 0 saturated carbocycles. The maximum Gasteiger partial charge on any atom is 0.472 e. The lowest BCUT2D eigenvalue weighted by atomic mass is 9.67. The summed E-state index contributed by atoms with van der Waals surface area (Å²) in [5.41, 5.74) is 0.0769. The number of unbranched alkanes of at least 4 members (excludes halogenated alkanes) is 1. The quantitative estimate of drug-likeness (QED) is 0.0444. The van der Waals surface area contributed by atoms with Crippen LogP contribution in [0.1, 0.15) is 101 Å². The van der Waals surface area contributed by atoms with Gasteiger partial charge < -0.3 is 18.9 Å². The van der Waals surface area contributed by atoms with Crippen molar-refractivity contribution in [3.05, 3.63) is 71.3 Å². The van der Waals surface area contributed by atoms with Crippen LogP contribution in [0.25, 0.3) is 0 Å². The molecule has 48 heavy (non-hydrogen) atoms. The number of ether oxygens (including phenoxy) is 2. The summed E-state index contributed by atoms with van der Waals surface area (Å²) in [5.74, 6) is -1.05. The fourth-order valence-electron chi connectivity index (χ4n) is 5.83. The topological polar surface area (TPSA) is 125 Å². The van der Waals surface area contributed by atoms with Crippen molar-refractivity contribution < 1.29 is 46.8 Å². The van der Waals surface area contributed by atoms with Crippen LogP contribution >= 0.6 is 7.82 Å². The summed E-state index contributed by atoms with van der Waals surface area (Å²) >= 11 is 0. The number of esters is 2. The molecule has 0 aliphatic heterocycles. The molecular formula is C37H57NO9P+. The minimum absolute atomic E-state index is 0.0347. The number of quaternary nitrogens is 1. The summed E-state index contributed by atoms with van der Waals surface area (Å²) in [4.78, 5) is 50.2. The van der Waals surface area contributed by atoms with Crippen molar-refractivity contribution in [2.75, 3.05) is 54.1 Å². The lowest BCUT2D eigenvalue weighted by molar-refractivity contribution is -0.870. The zero-order chi connectivity index (χ0) is 36.0.